The Morgan fingerprint density at radius 1 is 0.741 bits per heavy atom. The van der Waals surface area contributed by atoms with E-state index < -0.39 is 0 Å². The monoisotopic (exact) mass is 366 g/mol. The number of hydrogen-bond acceptors (Lipinski definition) is 4. The van der Waals surface area contributed by atoms with E-state index in [-0.39, 0.29) is 11.9 Å². The third-order valence-electron chi connectivity index (χ3n) is 3.38. The molecule has 2 rings (SSSR count). The van der Waals surface area contributed by atoms with Crippen LogP contribution in [0, 0.1) is 0 Å². The van der Waals surface area contributed by atoms with Crippen molar-refractivity contribution in [1.29, 1.82) is 0 Å². The van der Waals surface area contributed by atoms with Crippen LogP contribution >= 0.6 is 0 Å². The van der Waals surface area contributed by atoms with Gasteiger partial charge in [-0.15, -0.1) is 0 Å². The third-order valence-corrected chi connectivity index (χ3v) is 3.38. The van der Waals surface area contributed by atoms with Crippen molar-refractivity contribution in [2.75, 3.05) is 6.61 Å². The Labute approximate surface area is 161 Å². The zero-order chi connectivity index (χ0) is 20.1. The van der Waals surface area contributed by atoms with Gasteiger partial charge in [0.2, 0.25) is 0 Å². The van der Waals surface area contributed by atoms with Crippen LogP contribution in [0.3, 0.4) is 0 Å². The predicted octanol–water partition coefficient (Wildman–Crippen LogP) is 4.65. The predicted molar refractivity (Wildman–Crippen MR) is 107 cm³/mol. The highest BCUT2D eigenvalue weighted by molar-refractivity contribution is 5.87. The molecule has 0 amide bonds. The average molecular weight is 366 g/mol. The van der Waals surface area contributed by atoms with Gasteiger partial charge in [-0.1, -0.05) is 73.8 Å². The zero-order valence-electron chi connectivity index (χ0n) is 15.9. The number of hydrogen-bond donors (Lipinski definition) is 0. The van der Waals surface area contributed by atoms with Crippen molar-refractivity contribution in [3.8, 4) is 0 Å². The normalized spacial score (nSPS) is 9.41. The van der Waals surface area contributed by atoms with Crippen molar-refractivity contribution < 1.29 is 19.1 Å². The molecule has 0 aromatic heterocycles. The number of carbonyl (C=O) groups excluding carboxylic acids is 2. The molecule has 4 heteroatoms. The van der Waals surface area contributed by atoms with Gasteiger partial charge in [0, 0.05) is 17.6 Å². The van der Waals surface area contributed by atoms with Gasteiger partial charge in [0.1, 0.15) is 6.61 Å². The molecule has 0 saturated heterocycles. The van der Waals surface area contributed by atoms with Gasteiger partial charge in [0.25, 0.3) is 0 Å². The number of ether oxygens (including phenoxy) is 2. The number of rotatable bonds is 7. The van der Waals surface area contributed by atoms with E-state index in [1.54, 1.807) is 13.8 Å². The molecular weight excluding hydrogens is 340 g/mol. The van der Waals surface area contributed by atoms with Gasteiger partial charge in [-0.3, -0.25) is 0 Å². The van der Waals surface area contributed by atoms with E-state index in [1.165, 1.54) is 5.56 Å². The summed E-state index contributed by atoms with van der Waals surface area (Å²) in [5, 5.41) is 0. The van der Waals surface area contributed by atoms with Crippen LogP contribution < -0.4 is 0 Å². The molecule has 0 heterocycles. The van der Waals surface area contributed by atoms with Crippen LogP contribution in [0.25, 0.3) is 0 Å². The maximum Gasteiger partial charge on any atom is 0.333 e. The fourth-order valence-corrected chi connectivity index (χ4v) is 1.88. The largest absolute Gasteiger partial charge is 0.462 e. The molecule has 2 aromatic carbocycles. The lowest BCUT2D eigenvalue weighted by molar-refractivity contribution is -0.140. The van der Waals surface area contributed by atoms with E-state index in [0.717, 1.165) is 12.0 Å². The molecule has 27 heavy (non-hydrogen) atoms. The molecule has 0 atom stereocenters. The summed E-state index contributed by atoms with van der Waals surface area (Å²) in [6, 6.07) is 19.5. The highest BCUT2D eigenvalue weighted by Crippen LogP contribution is 2.03. The average Bonchev–Trinajstić information content (AvgIpc) is 2.68. The molecule has 0 saturated carbocycles. The molecule has 0 unspecified atom stereocenters. The summed E-state index contributed by atoms with van der Waals surface area (Å²) in [5.41, 5.74) is 3.02. The summed E-state index contributed by atoms with van der Waals surface area (Å²) in [6.45, 7) is 11.0. The lowest BCUT2D eigenvalue weighted by Crippen LogP contribution is -2.07. The first-order valence-electron chi connectivity index (χ1n) is 8.63. The van der Waals surface area contributed by atoms with Crippen molar-refractivity contribution in [3.05, 3.63) is 96.1 Å². The lowest BCUT2D eigenvalue weighted by Gasteiger charge is -2.03. The Bertz CT molecular complexity index is 748. The molecule has 142 valence electrons. The van der Waals surface area contributed by atoms with Crippen molar-refractivity contribution in [2.45, 2.75) is 26.9 Å². The molecule has 0 spiro atoms. The quantitative estimate of drug-likeness (QED) is 0.528. The molecule has 0 radical (unpaired) electrons. The SMILES string of the molecule is C=C(C)C(=O)OCCc1ccccc1.C=C(C)C(=O)OCc1ccccc1. The molecule has 0 fully saturated rings. The van der Waals surface area contributed by atoms with Gasteiger partial charge in [0.05, 0.1) is 6.61 Å². The first-order valence-corrected chi connectivity index (χ1v) is 8.63. The van der Waals surface area contributed by atoms with Crippen molar-refractivity contribution in [1.82, 2.24) is 0 Å². The number of benzene rings is 2. The van der Waals surface area contributed by atoms with E-state index in [9.17, 15) is 9.59 Å². The van der Waals surface area contributed by atoms with Gasteiger partial charge in [-0.2, -0.15) is 0 Å². The minimum Gasteiger partial charge on any atom is -0.462 e. The zero-order valence-corrected chi connectivity index (χ0v) is 15.9. The summed E-state index contributed by atoms with van der Waals surface area (Å²) in [4.78, 5) is 22.0. The molecule has 2 aromatic rings. The second-order valence-electron chi connectivity index (χ2n) is 5.99. The Balaban J connectivity index is 0.000000271. The summed E-state index contributed by atoms with van der Waals surface area (Å²) in [7, 11) is 0. The maximum atomic E-state index is 11.0. The van der Waals surface area contributed by atoms with Crippen molar-refractivity contribution in [2.24, 2.45) is 0 Å². The maximum absolute atomic E-state index is 11.0. The van der Waals surface area contributed by atoms with Crippen LogP contribution in [-0.4, -0.2) is 18.5 Å². The molecule has 4 nitrogen and oxygen atoms in total. The van der Waals surface area contributed by atoms with E-state index >= 15 is 0 Å². The van der Waals surface area contributed by atoms with Gasteiger partial charge in [0.15, 0.2) is 0 Å². The van der Waals surface area contributed by atoms with Crippen LogP contribution in [0.4, 0.5) is 0 Å². The Morgan fingerprint density at radius 3 is 1.67 bits per heavy atom. The van der Waals surface area contributed by atoms with Crippen LogP contribution in [0.5, 0.6) is 0 Å². The molecule has 0 aliphatic heterocycles. The summed E-state index contributed by atoms with van der Waals surface area (Å²) in [6.07, 6.45) is 0.750. The van der Waals surface area contributed by atoms with E-state index in [0.29, 0.717) is 24.4 Å². The van der Waals surface area contributed by atoms with Gasteiger partial charge in [-0.25, -0.2) is 9.59 Å². The second-order valence-corrected chi connectivity index (χ2v) is 5.99. The first-order chi connectivity index (χ1) is 12.9. The molecular formula is C23H26O4. The van der Waals surface area contributed by atoms with E-state index in [4.69, 9.17) is 9.47 Å². The summed E-state index contributed by atoms with van der Waals surface area (Å²) in [5.74, 6) is -0.662. The first kappa shape index (κ1) is 21.9. The standard InChI is InChI=1S/C12H14O2.C11H12O2/c1-10(2)12(13)14-9-8-11-6-4-3-5-7-11;1-9(2)11(12)13-8-10-6-4-3-5-7-10/h3-7H,1,8-9H2,2H3;3-7H,1,8H2,2H3. The topological polar surface area (TPSA) is 52.6 Å². The third kappa shape index (κ3) is 9.80. The minimum atomic E-state index is -0.344. The van der Waals surface area contributed by atoms with Crippen LogP contribution in [0.15, 0.2) is 85.0 Å². The highest BCUT2D eigenvalue weighted by atomic mass is 16.5. The number of esters is 2. The van der Waals surface area contributed by atoms with Crippen LogP contribution in [0.1, 0.15) is 25.0 Å². The minimum absolute atomic E-state index is 0.312. The van der Waals surface area contributed by atoms with Crippen molar-refractivity contribution >= 4 is 11.9 Å². The fraction of sp³-hybridized carbons (Fsp3) is 0.217. The molecule has 0 bridgehead atoms. The molecule has 0 aliphatic rings. The fourth-order valence-electron chi connectivity index (χ4n) is 1.88. The summed E-state index contributed by atoms with van der Waals surface area (Å²) < 4.78 is 9.92. The smallest absolute Gasteiger partial charge is 0.333 e. The molecule has 0 aliphatic carbocycles. The Morgan fingerprint density at radius 2 is 1.19 bits per heavy atom. The van der Waals surface area contributed by atoms with E-state index in [1.807, 2.05) is 60.7 Å². The lowest BCUT2D eigenvalue weighted by atomic mass is 10.2. The van der Waals surface area contributed by atoms with E-state index in [2.05, 4.69) is 13.2 Å². The van der Waals surface area contributed by atoms with Crippen LogP contribution in [-0.2, 0) is 32.1 Å². The Hall–Kier alpha value is -3.14. The van der Waals surface area contributed by atoms with Gasteiger partial charge in [-0.05, 0) is 25.0 Å². The van der Waals surface area contributed by atoms with Crippen molar-refractivity contribution in [3.63, 3.8) is 0 Å². The van der Waals surface area contributed by atoms with Gasteiger partial charge < -0.3 is 9.47 Å². The van der Waals surface area contributed by atoms with Crippen LogP contribution in [0.2, 0.25) is 0 Å². The van der Waals surface area contributed by atoms with Gasteiger partial charge >= 0.3 is 11.9 Å². The highest BCUT2D eigenvalue weighted by Gasteiger charge is 2.03. The summed E-state index contributed by atoms with van der Waals surface area (Å²) >= 11 is 0. The Kier molecular flexibility index (Phi) is 9.94. The second kappa shape index (κ2) is 12.3. The molecule has 0 N–H and O–H groups in total. The number of carbonyl (C=O) groups is 2.